The van der Waals surface area contributed by atoms with Gasteiger partial charge in [0.2, 0.25) is 11.8 Å². The second-order valence-electron chi connectivity index (χ2n) is 14.4. The molecule has 1 saturated carbocycles. The molecule has 1 aromatic carbocycles. The third-order valence-electron chi connectivity index (χ3n) is 10.8. The van der Waals surface area contributed by atoms with Crippen molar-refractivity contribution in [3.05, 3.63) is 75.4 Å². The van der Waals surface area contributed by atoms with Crippen molar-refractivity contribution < 1.29 is 24.2 Å². The first-order valence-corrected chi connectivity index (χ1v) is 19.1. The van der Waals surface area contributed by atoms with Crippen LogP contribution in [0.4, 0.5) is 5.69 Å². The topological polar surface area (TPSA) is 164 Å². The third kappa shape index (κ3) is 8.09. The quantitative estimate of drug-likeness (QED) is 0.140. The van der Waals surface area contributed by atoms with E-state index < -0.39 is 5.97 Å². The summed E-state index contributed by atoms with van der Waals surface area (Å²) in [6.45, 7) is 3.58. The number of carbonyl (C=O) groups excluding carboxylic acids is 2. The van der Waals surface area contributed by atoms with E-state index in [0.29, 0.717) is 76.9 Å². The van der Waals surface area contributed by atoms with Gasteiger partial charge >= 0.3 is 5.97 Å². The molecule has 1 aliphatic carbocycles. The van der Waals surface area contributed by atoms with E-state index in [1.807, 2.05) is 23.7 Å². The summed E-state index contributed by atoms with van der Waals surface area (Å²) >= 11 is 14.0. The van der Waals surface area contributed by atoms with Crippen molar-refractivity contribution in [2.75, 3.05) is 32.1 Å². The molecule has 2 aliphatic heterocycles. The Morgan fingerprint density at radius 2 is 1.83 bits per heavy atom. The highest BCUT2D eigenvalue weighted by Gasteiger charge is 2.30. The first kappa shape index (κ1) is 37.7. The van der Waals surface area contributed by atoms with Gasteiger partial charge in [-0.15, -0.1) is 0 Å². The Bertz CT molecular complexity index is 2060. The number of carboxylic acid groups (broad SMARTS) is 1. The maximum absolute atomic E-state index is 13.7. The van der Waals surface area contributed by atoms with Gasteiger partial charge in [0.15, 0.2) is 5.82 Å². The van der Waals surface area contributed by atoms with Gasteiger partial charge in [0.25, 0.3) is 5.91 Å². The third-order valence-corrected chi connectivity index (χ3v) is 11.6. The van der Waals surface area contributed by atoms with Gasteiger partial charge in [-0.1, -0.05) is 41.4 Å². The van der Waals surface area contributed by atoms with Crippen LogP contribution in [0.2, 0.25) is 10.0 Å². The number of hydrogen-bond donors (Lipinski definition) is 4. The lowest BCUT2D eigenvalue weighted by Gasteiger charge is -2.33. The van der Waals surface area contributed by atoms with Gasteiger partial charge in [0.05, 0.1) is 45.8 Å². The number of ether oxygens (including phenoxy) is 1. The Balaban J connectivity index is 1.03. The average molecular weight is 776 g/mol. The Morgan fingerprint density at radius 1 is 1.02 bits per heavy atom. The molecule has 1 saturated heterocycles. The number of carboxylic acids is 1. The molecule has 4 aromatic rings. The molecule has 5 heterocycles. The Kier molecular flexibility index (Phi) is 11.5. The molecule has 2 amide bonds. The number of methoxy groups -OCH3 is 1. The Labute approximate surface area is 323 Å². The maximum Gasteiger partial charge on any atom is 0.306 e. The molecular formula is C39H44Cl2N8O5. The van der Waals surface area contributed by atoms with Crippen molar-refractivity contribution in [1.29, 1.82) is 0 Å². The monoisotopic (exact) mass is 774 g/mol. The van der Waals surface area contributed by atoms with Crippen LogP contribution >= 0.6 is 23.2 Å². The van der Waals surface area contributed by atoms with E-state index in [1.165, 1.54) is 0 Å². The minimum atomic E-state index is -0.687. The molecule has 1 atom stereocenters. The predicted molar refractivity (Wildman–Crippen MR) is 206 cm³/mol. The van der Waals surface area contributed by atoms with Gasteiger partial charge in [-0.3, -0.25) is 24.3 Å². The van der Waals surface area contributed by atoms with E-state index >= 15 is 0 Å². The highest BCUT2D eigenvalue weighted by molar-refractivity contribution is 6.39. The van der Waals surface area contributed by atoms with E-state index in [9.17, 15) is 19.5 Å². The number of aliphatic carboxylic acids is 1. The van der Waals surface area contributed by atoms with Gasteiger partial charge in [-0.05, 0) is 56.2 Å². The largest absolute Gasteiger partial charge is 0.481 e. The molecule has 0 unspecified atom stereocenters. The first-order chi connectivity index (χ1) is 26.1. The van der Waals surface area contributed by atoms with Crippen molar-refractivity contribution >= 4 is 46.7 Å². The Hall–Kier alpha value is -4.56. The van der Waals surface area contributed by atoms with Gasteiger partial charge in [-0.25, -0.2) is 9.97 Å². The number of amides is 2. The van der Waals surface area contributed by atoms with E-state index in [0.717, 1.165) is 68.6 Å². The zero-order valence-electron chi connectivity index (χ0n) is 30.3. The summed E-state index contributed by atoms with van der Waals surface area (Å²) in [6.07, 6.45) is 7.08. The van der Waals surface area contributed by atoms with Crippen LogP contribution in [0.3, 0.4) is 0 Å². The van der Waals surface area contributed by atoms with Crippen LogP contribution < -0.4 is 20.7 Å². The molecule has 0 radical (unpaired) electrons. The van der Waals surface area contributed by atoms with Crippen LogP contribution in [0, 0.1) is 11.8 Å². The van der Waals surface area contributed by atoms with Crippen molar-refractivity contribution in [3.8, 4) is 28.4 Å². The van der Waals surface area contributed by atoms with E-state index in [1.54, 1.807) is 37.6 Å². The second-order valence-corrected chi connectivity index (χ2v) is 15.1. The van der Waals surface area contributed by atoms with Crippen molar-refractivity contribution in [2.24, 2.45) is 18.9 Å². The molecule has 13 nitrogen and oxygen atoms in total. The normalized spacial score (nSPS) is 20.0. The number of hydrogen-bond acceptors (Lipinski definition) is 9. The molecule has 284 valence electrons. The summed E-state index contributed by atoms with van der Waals surface area (Å²) in [5.74, 6) is 0.0169. The van der Waals surface area contributed by atoms with Gasteiger partial charge in [0, 0.05) is 87.2 Å². The summed E-state index contributed by atoms with van der Waals surface area (Å²) in [5, 5.41) is 19.3. The van der Waals surface area contributed by atoms with Crippen LogP contribution in [-0.4, -0.2) is 80.1 Å². The average Bonchev–Trinajstić information content (AvgIpc) is 3.74. The van der Waals surface area contributed by atoms with Crippen molar-refractivity contribution in [3.63, 3.8) is 0 Å². The lowest BCUT2D eigenvalue weighted by atomic mass is 9.81. The lowest BCUT2D eigenvalue weighted by Crippen LogP contribution is -2.36. The fourth-order valence-corrected chi connectivity index (χ4v) is 8.43. The SMILES string of the molecule is COc1nc(-c2ccnc(-c3cccc(NC(=O)c4nc5c(n4C)CCN(C[C@H]4CC[C@H](C(=O)O)CC4)C5)c3Cl)c2Cl)ccc1CNC[C@@H]1CCC(=O)N1. The molecule has 7 rings (SSSR count). The summed E-state index contributed by atoms with van der Waals surface area (Å²) in [4.78, 5) is 53.0. The molecule has 3 aliphatic rings. The smallest absolute Gasteiger partial charge is 0.306 e. The summed E-state index contributed by atoms with van der Waals surface area (Å²) in [7, 11) is 3.43. The molecule has 4 N–H and O–H groups in total. The minimum Gasteiger partial charge on any atom is -0.481 e. The van der Waals surface area contributed by atoms with Crippen LogP contribution in [0.25, 0.3) is 22.5 Å². The van der Waals surface area contributed by atoms with Gasteiger partial charge in [-0.2, -0.15) is 0 Å². The van der Waals surface area contributed by atoms with E-state index in [2.05, 4.69) is 25.8 Å². The number of nitrogens with zero attached hydrogens (tertiary/aromatic N) is 5. The first-order valence-electron chi connectivity index (χ1n) is 18.4. The number of carbonyl (C=O) groups is 3. The van der Waals surface area contributed by atoms with Gasteiger partial charge in [0.1, 0.15) is 0 Å². The fourth-order valence-electron chi connectivity index (χ4n) is 7.86. The number of halogens is 2. The maximum atomic E-state index is 13.7. The van der Waals surface area contributed by atoms with Crippen molar-refractivity contribution in [1.82, 2.24) is 35.1 Å². The molecule has 3 aromatic heterocycles. The molecule has 0 spiro atoms. The fraction of sp³-hybridized carbons (Fsp3) is 0.436. The number of anilines is 1. The summed E-state index contributed by atoms with van der Waals surface area (Å²) in [5.41, 5.74) is 5.39. The number of imidazole rings is 1. The zero-order chi connectivity index (χ0) is 37.9. The summed E-state index contributed by atoms with van der Waals surface area (Å²) in [6, 6.07) is 11.0. The minimum absolute atomic E-state index is 0.0824. The van der Waals surface area contributed by atoms with Crippen molar-refractivity contribution in [2.45, 2.75) is 64.1 Å². The number of fused-ring (bicyclic) bond motifs is 1. The van der Waals surface area contributed by atoms with Crippen LogP contribution in [0.1, 0.15) is 66.1 Å². The second kappa shape index (κ2) is 16.4. The lowest BCUT2D eigenvalue weighted by molar-refractivity contribution is -0.143. The molecular weight excluding hydrogens is 731 g/mol. The number of benzene rings is 1. The number of rotatable bonds is 12. The molecule has 15 heteroatoms. The summed E-state index contributed by atoms with van der Waals surface area (Å²) < 4.78 is 7.48. The van der Waals surface area contributed by atoms with E-state index in [4.69, 9.17) is 37.9 Å². The predicted octanol–water partition coefficient (Wildman–Crippen LogP) is 5.73. The number of aromatic nitrogens is 4. The Morgan fingerprint density at radius 3 is 2.57 bits per heavy atom. The highest BCUT2D eigenvalue weighted by atomic mass is 35.5. The van der Waals surface area contributed by atoms with Crippen LogP contribution in [-0.2, 0) is 36.1 Å². The van der Waals surface area contributed by atoms with Crippen LogP contribution in [0.5, 0.6) is 5.88 Å². The van der Waals surface area contributed by atoms with Crippen LogP contribution in [0.15, 0.2) is 42.6 Å². The number of nitrogens with one attached hydrogen (secondary N) is 3. The molecule has 54 heavy (non-hydrogen) atoms. The van der Waals surface area contributed by atoms with E-state index in [-0.39, 0.29) is 28.8 Å². The standard InChI is InChI=1S/C39H44Cl2N8O5/c1-48-31-15-17-49(20-22-6-8-23(9-7-22)39(52)53)21-30(31)45-36(48)37(51)46-29-5-3-4-27(33(29)40)35-34(41)26(14-16-43-35)28-12-10-24(38(47-28)54-2)18-42-19-25-11-13-32(50)44-25/h3-5,10,12,14,16,22-23,25,42H,6-9,11,13,15,17-21H2,1-2H3,(H,44,50)(H,46,51)(H,52,53)/t22-,23-,25-/m0/s1. The zero-order valence-corrected chi connectivity index (χ0v) is 31.8. The van der Waals surface area contributed by atoms with Gasteiger partial charge < -0.3 is 30.4 Å². The highest BCUT2D eigenvalue weighted by Crippen LogP contribution is 2.40. The molecule has 0 bridgehead atoms. The number of pyridine rings is 2. The molecule has 2 fully saturated rings.